The fraction of sp³-hybridized carbons (Fsp3) is 0.308. The smallest absolute Gasteiger partial charge is 0.142 e. The van der Waals surface area contributed by atoms with Crippen LogP contribution in [0.3, 0.4) is 0 Å². The number of nitrogens with one attached hydrogen (secondary N) is 1. The van der Waals surface area contributed by atoms with Gasteiger partial charge >= 0.3 is 0 Å². The Balaban J connectivity index is 1.78. The lowest BCUT2D eigenvalue weighted by atomic mass is 10.2. The van der Waals surface area contributed by atoms with Gasteiger partial charge in [0.15, 0.2) is 0 Å². The summed E-state index contributed by atoms with van der Waals surface area (Å²) in [6, 6.07) is 8.03. The number of ether oxygens (including phenoxy) is 1. The summed E-state index contributed by atoms with van der Waals surface area (Å²) in [6.45, 7) is 5.36. The first-order valence-electron chi connectivity index (χ1n) is 5.82. The quantitative estimate of drug-likeness (QED) is 0.814. The molecule has 0 amide bonds. The Kier molecular flexibility index (Phi) is 4.04. The molecule has 3 N–H and O–H groups in total. The number of nitrogen functional groups attached to an aromatic ring is 1. The number of nitrogens with two attached hydrogens (primary N) is 1. The van der Waals surface area contributed by atoms with E-state index < -0.39 is 0 Å². The lowest BCUT2D eigenvalue weighted by Gasteiger charge is -2.08. The average molecular weight is 263 g/mol. The van der Waals surface area contributed by atoms with Gasteiger partial charge in [0, 0.05) is 12.1 Å². The predicted molar refractivity (Wildman–Crippen MR) is 76.4 cm³/mol. The van der Waals surface area contributed by atoms with E-state index in [1.807, 2.05) is 25.1 Å². The lowest BCUT2D eigenvalue weighted by Crippen LogP contribution is -2.11. The zero-order chi connectivity index (χ0) is 13.0. The molecule has 2 rings (SSSR count). The molecule has 1 heterocycles. The van der Waals surface area contributed by atoms with Crippen molar-refractivity contribution in [1.82, 2.24) is 4.37 Å². The lowest BCUT2D eigenvalue weighted by molar-refractivity contribution is 0.333. The van der Waals surface area contributed by atoms with Gasteiger partial charge in [-0.1, -0.05) is 12.1 Å². The summed E-state index contributed by atoms with van der Waals surface area (Å²) in [5, 5.41) is 4.28. The molecule has 18 heavy (non-hydrogen) atoms. The van der Waals surface area contributed by atoms with E-state index in [4.69, 9.17) is 10.5 Å². The molecule has 0 fully saturated rings. The number of aromatic nitrogens is 1. The van der Waals surface area contributed by atoms with Crippen molar-refractivity contribution in [2.45, 2.75) is 13.8 Å². The Morgan fingerprint density at radius 2 is 2.22 bits per heavy atom. The number of nitrogens with zero attached hydrogens (tertiary/aromatic N) is 1. The Hall–Kier alpha value is -1.75. The topological polar surface area (TPSA) is 60.2 Å². The predicted octanol–water partition coefficient (Wildman–Crippen LogP) is 2.83. The number of hydrogen-bond donors (Lipinski definition) is 2. The molecule has 0 unspecified atom stereocenters. The molecule has 96 valence electrons. The van der Waals surface area contributed by atoms with Gasteiger partial charge in [-0.25, -0.2) is 0 Å². The zero-order valence-corrected chi connectivity index (χ0v) is 11.4. The van der Waals surface area contributed by atoms with E-state index in [0.29, 0.717) is 12.4 Å². The number of rotatable bonds is 5. The van der Waals surface area contributed by atoms with E-state index in [2.05, 4.69) is 22.7 Å². The van der Waals surface area contributed by atoms with Crippen LogP contribution >= 0.6 is 11.5 Å². The second-order valence-corrected chi connectivity index (χ2v) is 4.89. The van der Waals surface area contributed by atoms with Gasteiger partial charge in [0.25, 0.3) is 0 Å². The van der Waals surface area contributed by atoms with Crippen molar-refractivity contribution >= 4 is 22.4 Å². The van der Waals surface area contributed by atoms with Crippen LogP contribution in [0.5, 0.6) is 5.75 Å². The minimum Gasteiger partial charge on any atom is -0.492 e. The van der Waals surface area contributed by atoms with Crippen LogP contribution in [0.25, 0.3) is 0 Å². The second-order valence-electron chi connectivity index (χ2n) is 4.11. The average Bonchev–Trinajstić information content (AvgIpc) is 2.66. The first-order valence-corrected chi connectivity index (χ1v) is 6.59. The van der Waals surface area contributed by atoms with Gasteiger partial charge < -0.3 is 15.8 Å². The molecule has 1 aromatic carbocycles. The third kappa shape index (κ3) is 3.13. The van der Waals surface area contributed by atoms with Gasteiger partial charge in [-0.15, -0.1) is 0 Å². The van der Waals surface area contributed by atoms with Crippen LogP contribution in [0, 0.1) is 13.8 Å². The maximum Gasteiger partial charge on any atom is 0.142 e. The molecule has 5 heteroatoms. The molecule has 0 saturated carbocycles. The molecule has 0 spiro atoms. The van der Waals surface area contributed by atoms with Crippen LogP contribution in [0.1, 0.15) is 11.1 Å². The Bertz CT molecular complexity index is 525. The van der Waals surface area contributed by atoms with Crippen LogP contribution in [-0.2, 0) is 0 Å². The van der Waals surface area contributed by atoms with Crippen molar-refractivity contribution < 1.29 is 4.74 Å². The highest BCUT2D eigenvalue weighted by Gasteiger charge is 2.05. The molecule has 0 aliphatic heterocycles. The summed E-state index contributed by atoms with van der Waals surface area (Å²) in [5.41, 5.74) is 7.89. The Morgan fingerprint density at radius 3 is 2.89 bits per heavy atom. The van der Waals surface area contributed by atoms with E-state index in [0.717, 1.165) is 22.9 Å². The molecule has 0 radical (unpaired) electrons. The van der Waals surface area contributed by atoms with Gasteiger partial charge in [-0.05, 0) is 43.1 Å². The molecule has 1 aromatic heterocycles. The molecule has 4 nitrogen and oxygen atoms in total. The van der Waals surface area contributed by atoms with Gasteiger partial charge in [0.1, 0.15) is 23.2 Å². The molecular formula is C13H17N3OS. The fourth-order valence-electron chi connectivity index (χ4n) is 1.55. The van der Waals surface area contributed by atoms with Gasteiger partial charge in [-0.3, -0.25) is 0 Å². The normalized spacial score (nSPS) is 10.3. The number of hydrogen-bond acceptors (Lipinski definition) is 5. The van der Waals surface area contributed by atoms with Crippen molar-refractivity contribution in [1.29, 1.82) is 0 Å². The molecule has 2 aromatic rings. The highest BCUT2D eigenvalue weighted by molar-refractivity contribution is 7.10. The molecule has 0 atom stereocenters. The monoisotopic (exact) mass is 263 g/mol. The maximum atomic E-state index is 5.68. The van der Waals surface area contributed by atoms with Crippen LogP contribution in [-0.4, -0.2) is 17.5 Å². The summed E-state index contributed by atoms with van der Waals surface area (Å²) in [6.07, 6.45) is 0. The maximum absolute atomic E-state index is 5.68. The van der Waals surface area contributed by atoms with Crippen LogP contribution < -0.4 is 15.8 Å². The number of aryl methyl sites for hydroxylation is 1. The van der Waals surface area contributed by atoms with E-state index in [9.17, 15) is 0 Å². The third-order valence-electron chi connectivity index (χ3n) is 2.61. The molecular weight excluding hydrogens is 246 g/mol. The van der Waals surface area contributed by atoms with Crippen LogP contribution in [0.15, 0.2) is 24.3 Å². The molecule has 0 aliphatic carbocycles. The van der Waals surface area contributed by atoms with Crippen molar-refractivity contribution in [3.05, 3.63) is 35.4 Å². The fourth-order valence-corrected chi connectivity index (χ4v) is 2.29. The van der Waals surface area contributed by atoms with E-state index in [1.165, 1.54) is 17.1 Å². The molecule has 0 saturated heterocycles. The van der Waals surface area contributed by atoms with Crippen molar-refractivity contribution in [3.8, 4) is 5.75 Å². The highest BCUT2D eigenvalue weighted by Crippen LogP contribution is 2.24. The summed E-state index contributed by atoms with van der Waals surface area (Å²) >= 11 is 1.38. The summed E-state index contributed by atoms with van der Waals surface area (Å²) in [4.78, 5) is 0. The first-order chi connectivity index (χ1) is 8.66. The van der Waals surface area contributed by atoms with Gasteiger partial charge in [0.2, 0.25) is 0 Å². The minimum absolute atomic E-state index is 0.599. The standard InChI is InChI=1S/C13H17N3OS/c1-9-4-3-5-11(8-9)17-7-6-15-13-10(2)12(14)16-18-13/h3-5,8,15H,6-7H2,1-2H3,(H2,14,16). The van der Waals surface area contributed by atoms with Crippen molar-refractivity contribution in [2.24, 2.45) is 0 Å². The largest absolute Gasteiger partial charge is 0.492 e. The highest BCUT2D eigenvalue weighted by atomic mass is 32.1. The van der Waals surface area contributed by atoms with Gasteiger partial charge in [0.05, 0.1) is 0 Å². The third-order valence-corrected chi connectivity index (χ3v) is 3.53. The van der Waals surface area contributed by atoms with E-state index in [1.54, 1.807) is 0 Å². The number of anilines is 2. The van der Waals surface area contributed by atoms with Crippen LogP contribution in [0.2, 0.25) is 0 Å². The summed E-state index contributed by atoms with van der Waals surface area (Å²) < 4.78 is 9.73. The van der Waals surface area contributed by atoms with Gasteiger partial charge in [-0.2, -0.15) is 4.37 Å². The zero-order valence-electron chi connectivity index (χ0n) is 10.6. The van der Waals surface area contributed by atoms with Crippen LogP contribution in [0.4, 0.5) is 10.8 Å². The first kappa shape index (κ1) is 12.7. The van der Waals surface area contributed by atoms with E-state index >= 15 is 0 Å². The second kappa shape index (κ2) is 5.73. The number of benzene rings is 1. The molecule has 0 bridgehead atoms. The van der Waals surface area contributed by atoms with Crippen molar-refractivity contribution in [3.63, 3.8) is 0 Å². The SMILES string of the molecule is Cc1cccc(OCCNc2snc(N)c2C)c1. The summed E-state index contributed by atoms with van der Waals surface area (Å²) in [7, 11) is 0. The molecule has 0 aliphatic rings. The minimum atomic E-state index is 0.599. The Morgan fingerprint density at radius 1 is 1.39 bits per heavy atom. The van der Waals surface area contributed by atoms with E-state index in [-0.39, 0.29) is 0 Å². The Labute approximate surface area is 111 Å². The van der Waals surface area contributed by atoms with Crippen molar-refractivity contribution in [2.75, 3.05) is 24.2 Å². The summed E-state index contributed by atoms with van der Waals surface area (Å²) in [5.74, 6) is 1.50.